The van der Waals surface area contributed by atoms with E-state index in [1.165, 1.54) is 30.7 Å². The zero-order valence-electron chi connectivity index (χ0n) is 11.3. The van der Waals surface area contributed by atoms with Crippen LogP contribution < -0.4 is 0 Å². The highest BCUT2D eigenvalue weighted by Gasteiger charge is 2.32. The van der Waals surface area contributed by atoms with Gasteiger partial charge < -0.3 is 10.0 Å². The van der Waals surface area contributed by atoms with Gasteiger partial charge in [-0.1, -0.05) is 11.8 Å². The molecule has 1 N–H and O–H groups in total. The Balaban J connectivity index is 1.68. The standard InChI is InChI=1S/C15H18N2O2S/c18-10-2-4-13-5-6-14(20-13)15(19)17-9-8-16-7-1-3-12(16)11-17/h5-6,12,18H,1,3,7-11H2. The summed E-state index contributed by atoms with van der Waals surface area (Å²) < 4.78 is 0. The van der Waals surface area contributed by atoms with Gasteiger partial charge in [0.1, 0.15) is 6.61 Å². The number of fused-ring (bicyclic) bond motifs is 1. The summed E-state index contributed by atoms with van der Waals surface area (Å²) >= 11 is 1.41. The number of thiophene rings is 1. The van der Waals surface area contributed by atoms with Gasteiger partial charge in [0.05, 0.1) is 9.75 Å². The van der Waals surface area contributed by atoms with Gasteiger partial charge >= 0.3 is 0 Å². The van der Waals surface area contributed by atoms with Gasteiger partial charge in [0.2, 0.25) is 0 Å². The molecule has 0 bridgehead atoms. The third-order valence-electron chi connectivity index (χ3n) is 3.98. The Hall–Kier alpha value is -1.35. The van der Waals surface area contributed by atoms with E-state index in [9.17, 15) is 4.79 Å². The Morgan fingerprint density at radius 2 is 2.30 bits per heavy atom. The molecule has 0 spiro atoms. The van der Waals surface area contributed by atoms with E-state index in [0.29, 0.717) is 6.04 Å². The Labute approximate surface area is 123 Å². The van der Waals surface area contributed by atoms with Crippen molar-refractivity contribution >= 4 is 17.2 Å². The van der Waals surface area contributed by atoms with Crippen molar-refractivity contribution in [3.05, 3.63) is 21.9 Å². The van der Waals surface area contributed by atoms with E-state index in [2.05, 4.69) is 16.7 Å². The normalized spacial score (nSPS) is 22.2. The van der Waals surface area contributed by atoms with Crippen LogP contribution in [-0.4, -0.2) is 59.6 Å². The van der Waals surface area contributed by atoms with Crippen LogP contribution in [0.25, 0.3) is 0 Å². The SMILES string of the molecule is O=C(c1ccc(C#CCO)s1)N1CCN2CCCC2C1. The van der Waals surface area contributed by atoms with Gasteiger partial charge in [-0.3, -0.25) is 9.69 Å². The minimum atomic E-state index is -0.148. The predicted octanol–water partition coefficient (Wildman–Crippen LogP) is 1.01. The maximum Gasteiger partial charge on any atom is 0.264 e. The van der Waals surface area contributed by atoms with Crippen molar-refractivity contribution in [2.45, 2.75) is 18.9 Å². The summed E-state index contributed by atoms with van der Waals surface area (Å²) in [5.74, 6) is 5.58. The molecule has 0 saturated carbocycles. The molecule has 2 aliphatic heterocycles. The molecule has 2 saturated heterocycles. The van der Waals surface area contributed by atoms with Gasteiger partial charge in [-0.2, -0.15) is 0 Å². The Morgan fingerprint density at radius 1 is 1.40 bits per heavy atom. The van der Waals surface area contributed by atoms with Crippen molar-refractivity contribution in [2.75, 3.05) is 32.8 Å². The van der Waals surface area contributed by atoms with Crippen LogP contribution in [0.3, 0.4) is 0 Å². The van der Waals surface area contributed by atoms with Crippen LogP contribution in [0.5, 0.6) is 0 Å². The van der Waals surface area contributed by atoms with Crippen LogP contribution in [0.1, 0.15) is 27.4 Å². The van der Waals surface area contributed by atoms with Crippen LogP contribution in [0.4, 0.5) is 0 Å². The Bertz CT molecular complexity index is 558. The van der Waals surface area contributed by atoms with E-state index in [0.717, 1.165) is 29.4 Å². The Morgan fingerprint density at radius 3 is 3.15 bits per heavy atom. The number of piperazine rings is 1. The monoisotopic (exact) mass is 290 g/mol. The number of carbonyl (C=O) groups excluding carboxylic acids is 1. The molecule has 1 atom stereocenters. The molecule has 0 aromatic carbocycles. The fourth-order valence-electron chi connectivity index (χ4n) is 2.98. The molecular weight excluding hydrogens is 272 g/mol. The van der Waals surface area contributed by atoms with Gasteiger partial charge in [-0.15, -0.1) is 11.3 Å². The van der Waals surface area contributed by atoms with Crippen LogP contribution in [0.15, 0.2) is 12.1 Å². The number of hydrogen-bond acceptors (Lipinski definition) is 4. The molecule has 5 heteroatoms. The number of nitrogens with zero attached hydrogens (tertiary/aromatic N) is 2. The number of aliphatic hydroxyl groups is 1. The summed E-state index contributed by atoms with van der Waals surface area (Å²) in [6.07, 6.45) is 2.47. The number of amides is 1. The number of aliphatic hydroxyl groups excluding tert-OH is 1. The van der Waals surface area contributed by atoms with Crippen LogP contribution in [-0.2, 0) is 0 Å². The molecule has 2 fully saturated rings. The highest BCUT2D eigenvalue weighted by Crippen LogP contribution is 2.24. The predicted molar refractivity (Wildman–Crippen MR) is 78.8 cm³/mol. The average molecular weight is 290 g/mol. The molecule has 4 nitrogen and oxygen atoms in total. The third-order valence-corrected chi connectivity index (χ3v) is 4.97. The second-order valence-electron chi connectivity index (χ2n) is 5.21. The molecule has 2 aliphatic rings. The lowest BCUT2D eigenvalue weighted by Gasteiger charge is -2.37. The van der Waals surface area contributed by atoms with Crippen molar-refractivity contribution in [3.63, 3.8) is 0 Å². The lowest BCUT2D eigenvalue weighted by Crippen LogP contribution is -2.51. The number of carbonyl (C=O) groups is 1. The number of rotatable bonds is 1. The maximum absolute atomic E-state index is 12.5. The number of hydrogen-bond donors (Lipinski definition) is 1. The van der Waals surface area contributed by atoms with Crippen LogP contribution >= 0.6 is 11.3 Å². The first kappa shape index (κ1) is 13.6. The van der Waals surface area contributed by atoms with Crippen LogP contribution in [0, 0.1) is 11.8 Å². The highest BCUT2D eigenvalue weighted by atomic mass is 32.1. The fraction of sp³-hybridized carbons (Fsp3) is 0.533. The first-order valence-electron chi connectivity index (χ1n) is 7.01. The van der Waals surface area contributed by atoms with Gasteiger partial charge in [0.25, 0.3) is 5.91 Å². The van der Waals surface area contributed by atoms with Crippen molar-refractivity contribution < 1.29 is 9.90 Å². The highest BCUT2D eigenvalue weighted by molar-refractivity contribution is 7.14. The van der Waals surface area contributed by atoms with Crippen LogP contribution in [0.2, 0.25) is 0 Å². The third kappa shape index (κ3) is 2.73. The van der Waals surface area contributed by atoms with Crippen molar-refractivity contribution in [1.29, 1.82) is 0 Å². The quantitative estimate of drug-likeness (QED) is 0.785. The van der Waals surface area contributed by atoms with E-state index in [1.807, 2.05) is 17.0 Å². The summed E-state index contributed by atoms with van der Waals surface area (Å²) in [5, 5.41) is 8.69. The molecule has 1 unspecified atom stereocenters. The first-order valence-corrected chi connectivity index (χ1v) is 7.82. The van der Waals surface area contributed by atoms with Gasteiger partial charge in [0.15, 0.2) is 0 Å². The average Bonchev–Trinajstić information content (AvgIpc) is 3.12. The molecule has 0 aliphatic carbocycles. The van der Waals surface area contributed by atoms with Crippen molar-refractivity contribution in [2.24, 2.45) is 0 Å². The molecule has 20 heavy (non-hydrogen) atoms. The molecule has 106 valence electrons. The molecule has 1 aromatic heterocycles. The van der Waals surface area contributed by atoms with Gasteiger partial charge in [-0.25, -0.2) is 0 Å². The zero-order chi connectivity index (χ0) is 13.9. The lowest BCUT2D eigenvalue weighted by atomic mass is 10.1. The summed E-state index contributed by atoms with van der Waals surface area (Å²) in [6, 6.07) is 4.25. The first-order chi connectivity index (χ1) is 9.78. The van der Waals surface area contributed by atoms with E-state index in [-0.39, 0.29) is 12.5 Å². The summed E-state index contributed by atoms with van der Waals surface area (Å²) in [4.78, 5) is 18.5. The van der Waals surface area contributed by atoms with E-state index in [1.54, 1.807) is 0 Å². The molecule has 0 radical (unpaired) electrons. The second-order valence-corrected chi connectivity index (χ2v) is 6.29. The molecular formula is C15H18N2O2S. The van der Waals surface area contributed by atoms with E-state index >= 15 is 0 Å². The minimum absolute atomic E-state index is 0.124. The van der Waals surface area contributed by atoms with E-state index in [4.69, 9.17) is 5.11 Å². The van der Waals surface area contributed by atoms with E-state index < -0.39 is 0 Å². The second kappa shape index (κ2) is 5.96. The molecule has 3 heterocycles. The molecule has 3 rings (SSSR count). The maximum atomic E-state index is 12.5. The summed E-state index contributed by atoms with van der Waals surface area (Å²) in [5.41, 5.74) is 0. The summed E-state index contributed by atoms with van der Waals surface area (Å²) in [7, 11) is 0. The fourth-order valence-corrected chi connectivity index (χ4v) is 3.83. The smallest absolute Gasteiger partial charge is 0.264 e. The topological polar surface area (TPSA) is 43.8 Å². The van der Waals surface area contributed by atoms with Gasteiger partial charge in [0, 0.05) is 25.7 Å². The van der Waals surface area contributed by atoms with Gasteiger partial charge in [-0.05, 0) is 31.5 Å². The molecule has 1 aromatic rings. The van der Waals surface area contributed by atoms with Crippen molar-refractivity contribution in [1.82, 2.24) is 9.80 Å². The largest absolute Gasteiger partial charge is 0.384 e. The lowest BCUT2D eigenvalue weighted by molar-refractivity contribution is 0.0576. The molecule has 1 amide bonds. The Kier molecular flexibility index (Phi) is 4.06. The van der Waals surface area contributed by atoms with Crippen molar-refractivity contribution in [3.8, 4) is 11.8 Å². The minimum Gasteiger partial charge on any atom is -0.384 e. The summed E-state index contributed by atoms with van der Waals surface area (Å²) in [6.45, 7) is 3.72. The zero-order valence-corrected chi connectivity index (χ0v) is 12.2.